The highest BCUT2D eigenvalue weighted by Gasteiger charge is 2.19. The van der Waals surface area contributed by atoms with Gasteiger partial charge in [0.15, 0.2) is 21.3 Å². The number of hydrogen-bond acceptors (Lipinski definition) is 5. The molecule has 0 bridgehead atoms. The van der Waals surface area contributed by atoms with Gasteiger partial charge in [0.1, 0.15) is 12.2 Å². The highest BCUT2D eigenvalue weighted by atomic mass is 35.5. The number of benzene rings is 1. The summed E-state index contributed by atoms with van der Waals surface area (Å²) in [5.74, 6) is -1.23. The highest BCUT2D eigenvalue weighted by Crippen LogP contribution is 2.34. The van der Waals surface area contributed by atoms with E-state index in [0.29, 0.717) is 6.42 Å². The maximum atomic E-state index is 11.6. The van der Waals surface area contributed by atoms with Crippen LogP contribution in [0.15, 0.2) is 12.1 Å². The Hall–Kier alpha value is -1.47. The number of carbonyl (C=O) groups is 1. The molecular weight excluding hydrogens is 320 g/mol. The van der Waals surface area contributed by atoms with Crippen molar-refractivity contribution in [2.75, 3.05) is 25.2 Å². The minimum absolute atomic E-state index is 0.0268. The van der Waals surface area contributed by atoms with Crippen LogP contribution in [0.2, 0.25) is 5.02 Å². The first-order valence-electron chi connectivity index (χ1n) is 6.24. The number of methoxy groups -OCH3 is 1. The summed E-state index contributed by atoms with van der Waals surface area (Å²) >= 11 is 5.80. The average Bonchev–Trinajstić information content (AvgIpc) is 2.39. The van der Waals surface area contributed by atoms with Gasteiger partial charge in [0.25, 0.3) is 0 Å². The van der Waals surface area contributed by atoms with Crippen LogP contribution in [-0.2, 0) is 9.84 Å². The Bertz CT molecular complexity index is 611. The number of carboxylic acid groups (broad SMARTS) is 1. The van der Waals surface area contributed by atoms with Crippen LogP contribution in [0.4, 0.5) is 0 Å². The van der Waals surface area contributed by atoms with Crippen LogP contribution in [0.25, 0.3) is 0 Å². The molecule has 1 aromatic carbocycles. The van der Waals surface area contributed by atoms with E-state index in [4.69, 9.17) is 26.2 Å². The van der Waals surface area contributed by atoms with Crippen molar-refractivity contribution < 1.29 is 27.8 Å². The van der Waals surface area contributed by atoms with E-state index < -0.39 is 15.8 Å². The summed E-state index contributed by atoms with van der Waals surface area (Å²) in [4.78, 5) is 11.2. The third-order valence-electron chi connectivity index (χ3n) is 2.63. The van der Waals surface area contributed by atoms with Gasteiger partial charge in [0.05, 0.1) is 18.6 Å². The predicted molar refractivity (Wildman–Crippen MR) is 79.4 cm³/mol. The Labute approximate surface area is 128 Å². The van der Waals surface area contributed by atoms with E-state index in [9.17, 15) is 13.2 Å². The molecule has 0 amide bonds. The van der Waals surface area contributed by atoms with Gasteiger partial charge >= 0.3 is 5.97 Å². The van der Waals surface area contributed by atoms with Gasteiger partial charge in [-0.25, -0.2) is 13.2 Å². The van der Waals surface area contributed by atoms with Gasteiger partial charge in [-0.2, -0.15) is 0 Å². The lowest BCUT2D eigenvalue weighted by molar-refractivity contribution is 0.0691. The Morgan fingerprint density at radius 1 is 1.33 bits per heavy atom. The number of hydrogen-bond donors (Lipinski definition) is 1. The lowest BCUT2D eigenvalue weighted by atomic mass is 10.2. The zero-order chi connectivity index (χ0) is 16.0. The molecule has 0 aliphatic heterocycles. The Morgan fingerprint density at radius 2 is 2.00 bits per heavy atom. The number of halogens is 1. The third-order valence-corrected chi connectivity index (χ3v) is 4.66. The molecule has 8 heteroatoms. The molecule has 0 aliphatic rings. The van der Waals surface area contributed by atoms with Crippen molar-refractivity contribution in [3.8, 4) is 11.5 Å². The van der Waals surface area contributed by atoms with Crippen molar-refractivity contribution in [2.45, 2.75) is 13.3 Å². The number of ether oxygens (including phenoxy) is 2. The minimum atomic E-state index is -3.20. The molecule has 0 fully saturated rings. The summed E-state index contributed by atoms with van der Waals surface area (Å²) in [6.07, 6.45) is 0.521. The fraction of sp³-hybridized carbons (Fsp3) is 0.462. The van der Waals surface area contributed by atoms with E-state index in [0.717, 1.165) is 0 Å². The zero-order valence-corrected chi connectivity index (χ0v) is 13.3. The van der Waals surface area contributed by atoms with Gasteiger partial charge in [-0.1, -0.05) is 18.5 Å². The Kier molecular flexibility index (Phi) is 6.29. The van der Waals surface area contributed by atoms with Crippen molar-refractivity contribution in [2.24, 2.45) is 0 Å². The van der Waals surface area contributed by atoms with Gasteiger partial charge < -0.3 is 14.6 Å². The largest absolute Gasteiger partial charge is 0.493 e. The summed E-state index contributed by atoms with van der Waals surface area (Å²) in [6.45, 7) is 1.61. The molecule has 21 heavy (non-hydrogen) atoms. The molecule has 118 valence electrons. The first kappa shape index (κ1) is 17.6. The first-order valence-corrected chi connectivity index (χ1v) is 8.44. The normalized spacial score (nSPS) is 11.2. The van der Waals surface area contributed by atoms with Crippen LogP contribution in [0.3, 0.4) is 0 Å². The van der Waals surface area contributed by atoms with E-state index >= 15 is 0 Å². The molecule has 1 rings (SSSR count). The molecule has 0 spiro atoms. The molecule has 6 nitrogen and oxygen atoms in total. The Balaban J connectivity index is 2.94. The number of sulfone groups is 1. The van der Waals surface area contributed by atoms with Crippen molar-refractivity contribution in [3.05, 3.63) is 22.7 Å². The van der Waals surface area contributed by atoms with E-state index in [-0.39, 0.29) is 40.2 Å². The van der Waals surface area contributed by atoms with Gasteiger partial charge in [0, 0.05) is 11.1 Å². The fourth-order valence-corrected chi connectivity index (χ4v) is 3.08. The van der Waals surface area contributed by atoms with Crippen LogP contribution < -0.4 is 9.47 Å². The number of carboxylic acids is 1. The molecule has 0 unspecified atom stereocenters. The lowest BCUT2D eigenvalue weighted by Crippen LogP contribution is -2.17. The molecule has 0 heterocycles. The second kappa shape index (κ2) is 7.51. The van der Waals surface area contributed by atoms with Crippen LogP contribution >= 0.6 is 11.6 Å². The Morgan fingerprint density at radius 3 is 2.52 bits per heavy atom. The van der Waals surface area contributed by atoms with Gasteiger partial charge in [-0.05, 0) is 12.5 Å². The highest BCUT2D eigenvalue weighted by molar-refractivity contribution is 7.91. The second-order valence-corrected chi connectivity index (χ2v) is 7.03. The molecular formula is C13H17ClO6S. The van der Waals surface area contributed by atoms with Crippen molar-refractivity contribution >= 4 is 27.4 Å². The summed E-state index contributed by atoms with van der Waals surface area (Å²) in [5.41, 5.74) is -0.174. The molecule has 1 aromatic rings. The topological polar surface area (TPSA) is 89.9 Å². The molecule has 0 aliphatic carbocycles. The maximum Gasteiger partial charge on any atom is 0.339 e. The predicted octanol–water partition coefficient (Wildman–Crippen LogP) is 2.25. The van der Waals surface area contributed by atoms with Gasteiger partial charge in [-0.3, -0.25) is 0 Å². The fourth-order valence-electron chi connectivity index (χ4n) is 1.71. The minimum Gasteiger partial charge on any atom is -0.493 e. The van der Waals surface area contributed by atoms with Crippen molar-refractivity contribution in [3.63, 3.8) is 0 Å². The van der Waals surface area contributed by atoms with E-state index in [1.807, 2.05) is 0 Å². The smallest absolute Gasteiger partial charge is 0.339 e. The molecule has 0 saturated heterocycles. The molecule has 0 atom stereocenters. The second-order valence-electron chi connectivity index (χ2n) is 4.29. The maximum absolute atomic E-state index is 11.6. The van der Waals surface area contributed by atoms with Crippen LogP contribution in [-0.4, -0.2) is 44.7 Å². The standard InChI is InChI=1S/C13H17ClO6S/c1-3-5-21(17,18)6-4-20-12-10(13(15)16)7-9(14)8-11(12)19-2/h7-8H,3-6H2,1-2H3,(H,15,16). The molecule has 0 saturated carbocycles. The van der Waals surface area contributed by atoms with Crippen LogP contribution in [0.1, 0.15) is 23.7 Å². The van der Waals surface area contributed by atoms with Crippen LogP contribution in [0.5, 0.6) is 11.5 Å². The molecule has 1 N–H and O–H groups in total. The SMILES string of the molecule is CCCS(=O)(=O)CCOc1c(OC)cc(Cl)cc1C(=O)O. The lowest BCUT2D eigenvalue weighted by Gasteiger charge is -2.13. The summed E-state index contributed by atoms with van der Waals surface area (Å²) in [7, 11) is -1.86. The summed E-state index contributed by atoms with van der Waals surface area (Å²) < 4.78 is 33.5. The third kappa shape index (κ3) is 5.09. The van der Waals surface area contributed by atoms with E-state index in [1.54, 1.807) is 6.92 Å². The van der Waals surface area contributed by atoms with Crippen molar-refractivity contribution in [1.29, 1.82) is 0 Å². The van der Waals surface area contributed by atoms with E-state index in [2.05, 4.69) is 0 Å². The molecule has 0 radical (unpaired) electrons. The summed E-state index contributed by atoms with van der Waals surface area (Å²) in [5, 5.41) is 9.33. The average molecular weight is 337 g/mol. The summed E-state index contributed by atoms with van der Waals surface area (Å²) in [6, 6.07) is 2.63. The van der Waals surface area contributed by atoms with Crippen molar-refractivity contribution in [1.82, 2.24) is 0 Å². The van der Waals surface area contributed by atoms with Gasteiger partial charge in [-0.15, -0.1) is 0 Å². The number of rotatable bonds is 8. The quantitative estimate of drug-likeness (QED) is 0.783. The monoisotopic (exact) mass is 336 g/mol. The zero-order valence-electron chi connectivity index (χ0n) is 11.8. The van der Waals surface area contributed by atoms with E-state index in [1.165, 1.54) is 19.2 Å². The van der Waals surface area contributed by atoms with Gasteiger partial charge in [0.2, 0.25) is 0 Å². The van der Waals surface area contributed by atoms with Crippen LogP contribution in [0, 0.1) is 0 Å². The first-order chi connectivity index (χ1) is 9.80. The molecule has 0 aromatic heterocycles. The number of aromatic carboxylic acids is 1.